The Kier molecular flexibility index (Phi) is 14.4. The summed E-state index contributed by atoms with van der Waals surface area (Å²) >= 11 is 0. The van der Waals surface area contributed by atoms with Crippen LogP contribution in [0.5, 0.6) is 5.75 Å². The van der Waals surface area contributed by atoms with Gasteiger partial charge in [-0.1, -0.05) is 90.7 Å². The second-order valence-corrected chi connectivity index (χ2v) is 19.6. The highest BCUT2D eigenvalue weighted by atomic mass is 16.6. The third-order valence-electron chi connectivity index (χ3n) is 15.2. The highest BCUT2D eigenvalue weighted by Gasteiger charge is 2.76. The summed E-state index contributed by atoms with van der Waals surface area (Å²) in [6.07, 6.45) is 3.88. The molecule has 6 atom stereocenters. The smallest absolute Gasteiger partial charge is 0.421 e. The van der Waals surface area contributed by atoms with Crippen LogP contribution in [0.15, 0.2) is 163 Å². The molecule has 390 valence electrons. The maximum absolute atomic E-state index is 16.8. The number of anilines is 3. The number of aliphatic hydroxyl groups excluding tert-OH is 1. The second kappa shape index (κ2) is 21.9. The molecule has 16 nitrogen and oxygen atoms in total. The van der Waals surface area contributed by atoms with Gasteiger partial charge in [-0.05, 0) is 126 Å². The summed E-state index contributed by atoms with van der Waals surface area (Å²) in [6, 6.07) is 40.3. The van der Waals surface area contributed by atoms with Gasteiger partial charge < -0.3 is 34.3 Å². The summed E-state index contributed by atoms with van der Waals surface area (Å²) in [5.74, 6) is 3.22. The number of carbonyl (C=O) groups is 4. The summed E-state index contributed by atoms with van der Waals surface area (Å²) in [6.45, 7) is 1.95. The minimum absolute atomic E-state index is 0.0147. The Morgan fingerprint density at radius 3 is 2.19 bits per heavy atom. The fourth-order valence-electron chi connectivity index (χ4n) is 11.7. The van der Waals surface area contributed by atoms with Gasteiger partial charge in [0.2, 0.25) is 11.8 Å². The van der Waals surface area contributed by atoms with Crippen LogP contribution in [0.2, 0.25) is 0 Å². The number of aliphatic hydroxyl groups is 1. The number of esters is 1. The zero-order valence-electron chi connectivity index (χ0n) is 42.0. The SMILES string of the molecule is O=C1O[C@@H](c2ccccc2)[C@@H](c2ccccc2)N2[C@@H](c3ccc(OCCO)cc3)[C@]3(C(=O)N(C(=O)OCc4ccc([N+](=O)[O-])cc4)c4ccc(C#CC5=CCCCC5)cc43)[C@@H](C(=O)Nc3ccc(N4CCOCC4)cc3)[C@H]12. The molecule has 0 aromatic heterocycles. The molecule has 3 fully saturated rings. The minimum Gasteiger partial charge on any atom is -0.491 e. The van der Waals surface area contributed by atoms with E-state index in [2.05, 4.69) is 28.1 Å². The van der Waals surface area contributed by atoms with E-state index in [-0.39, 0.29) is 36.8 Å². The Morgan fingerprint density at radius 1 is 0.805 bits per heavy atom. The van der Waals surface area contributed by atoms with Gasteiger partial charge in [0.05, 0.1) is 48.4 Å². The summed E-state index contributed by atoms with van der Waals surface area (Å²) in [4.78, 5) is 79.6. The van der Waals surface area contributed by atoms with Crippen molar-refractivity contribution >= 4 is 46.6 Å². The molecule has 11 rings (SSSR count). The van der Waals surface area contributed by atoms with Crippen LogP contribution in [0.1, 0.15) is 77.3 Å². The Bertz CT molecular complexity index is 3280. The molecule has 6 aromatic carbocycles. The predicted octanol–water partition coefficient (Wildman–Crippen LogP) is 9.30. The Morgan fingerprint density at radius 2 is 1.52 bits per heavy atom. The number of carbonyl (C=O) groups excluding carboxylic acids is 4. The largest absolute Gasteiger partial charge is 0.491 e. The number of amides is 3. The molecule has 2 N–H and O–H groups in total. The van der Waals surface area contributed by atoms with E-state index >= 15 is 19.2 Å². The molecule has 1 aliphatic carbocycles. The van der Waals surface area contributed by atoms with Gasteiger partial charge in [-0.25, -0.2) is 9.69 Å². The van der Waals surface area contributed by atoms with Gasteiger partial charge in [0.15, 0.2) is 0 Å². The number of cyclic esters (lactones) is 1. The first-order valence-corrected chi connectivity index (χ1v) is 25.9. The lowest BCUT2D eigenvalue weighted by Gasteiger charge is -2.46. The average Bonchev–Trinajstić information content (AvgIpc) is 4.15. The molecular formula is C61H55N5O11. The topological polar surface area (TPSA) is 190 Å². The van der Waals surface area contributed by atoms with Gasteiger partial charge in [-0.2, -0.15) is 0 Å². The van der Waals surface area contributed by atoms with Gasteiger partial charge in [0.1, 0.15) is 36.5 Å². The maximum Gasteiger partial charge on any atom is 0.421 e. The van der Waals surface area contributed by atoms with E-state index in [0.717, 1.165) is 47.4 Å². The van der Waals surface area contributed by atoms with Crippen molar-refractivity contribution in [3.05, 3.63) is 207 Å². The van der Waals surface area contributed by atoms with Crippen LogP contribution in [0.4, 0.5) is 27.5 Å². The number of fused-ring (bicyclic) bond motifs is 3. The number of hydrogen-bond acceptors (Lipinski definition) is 13. The maximum atomic E-state index is 16.8. The fourth-order valence-corrected chi connectivity index (χ4v) is 11.7. The number of rotatable bonds is 12. The number of benzene rings is 6. The van der Waals surface area contributed by atoms with Crippen LogP contribution in [0, 0.1) is 27.9 Å². The van der Waals surface area contributed by atoms with Crippen LogP contribution in [0.25, 0.3) is 0 Å². The average molecular weight is 1030 g/mol. The number of nitro benzene ring substituents is 1. The summed E-state index contributed by atoms with van der Waals surface area (Å²) in [7, 11) is 0. The Hall–Kier alpha value is -8.62. The van der Waals surface area contributed by atoms with Crippen molar-refractivity contribution < 1.29 is 48.2 Å². The van der Waals surface area contributed by atoms with E-state index < -0.39 is 64.4 Å². The zero-order valence-corrected chi connectivity index (χ0v) is 42.0. The Balaban J connectivity index is 1.14. The predicted molar refractivity (Wildman–Crippen MR) is 286 cm³/mol. The number of nitrogens with zero attached hydrogens (tertiary/aromatic N) is 4. The highest BCUT2D eigenvalue weighted by molar-refractivity contribution is 6.24. The van der Waals surface area contributed by atoms with Crippen molar-refractivity contribution in [3.8, 4) is 17.6 Å². The molecule has 3 amide bonds. The van der Waals surface area contributed by atoms with E-state index in [1.54, 1.807) is 54.6 Å². The molecule has 5 aliphatic rings. The lowest BCUT2D eigenvalue weighted by atomic mass is 9.65. The number of ether oxygens (including phenoxy) is 4. The number of nitrogens with one attached hydrogen (secondary N) is 1. The molecule has 0 bridgehead atoms. The van der Waals surface area contributed by atoms with Crippen LogP contribution in [-0.2, 0) is 40.6 Å². The first-order chi connectivity index (χ1) is 37.6. The van der Waals surface area contributed by atoms with Crippen molar-refractivity contribution in [1.29, 1.82) is 0 Å². The molecule has 4 heterocycles. The summed E-state index contributed by atoms with van der Waals surface area (Å²) < 4.78 is 24.0. The molecule has 3 saturated heterocycles. The molecule has 0 saturated carbocycles. The standard InChI is InChI=1S/C61H55N5O11/c67-34-37-75-49-29-21-45(22-30-49)56-61(50-38-41(17-16-40-10-4-1-5-11-40)20-31-51(50)64(59(61)70)60(71)76-39-42-18-25-48(26-19-42)66(72)73)52(57(68)62-46-23-27-47(28-24-46)63-32-35-74-36-33-63)54-58(69)77-55(44-14-8-3-9-15-44)53(65(54)56)43-12-6-2-7-13-43/h2-3,6-10,12-15,18-31,38,52-56,67H,1,4-5,11,32-37,39H2,(H,62,68)/t52-,53-,54-,55+,56+,61-/m1/s1. The molecule has 0 radical (unpaired) electrons. The third kappa shape index (κ3) is 9.69. The van der Waals surface area contributed by atoms with Crippen molar-refractivity contribution in [2.24, 2.45) is 5.92 Å². The van der Waals surface area contributed by atoms with Gasteiger partial charge >= 0.3 is 12.1 Å². The monoisotopic (exact) mass is 1030 g/mol. The summed E-state index contributed by atoms with van der Waals surface area (Å²) in [5.41, 5.74) is 3.25. The number of imide groups is 1. The van der Waals surface area contributed by atoms with Gasteiger partial charge in [0.25, 0.3) is 5.69 Å². The summed E-state index contributed by atoms with van der Waals surface area (Å²) in [5, 5.41) is 24.3. The van der Waals surface area contributed by atoms with Crippen molar-refractivity contribution in [2.75, 3.05) is 54.6 Å². The van der Waals surface area contributed by atoms with Crippen molar-refractivity contribution in [1.82, 2.24) is 4.90 Å². The number of nitro groups is 1. The van der Waals surface area contributed by atoms with Gasteiger partial charge in [-0.15, -0.1) is 0 Å². The second-order valence-electron chi connectivity index (χ2n) is 19.6. The third-order valence-corrected chi connectivity index (χ3v) is 15.2. The first-order valence-electron chi connectivity index (χ1n) is 25.9. The lowest BCUT2D eigenvalue weighted by molar-refractivity contribution is -0.384. The van der Waals surface area contributed by atoms with Crippen LogP contribution in [0.3, 0.4) is 0 Å². The minimum atomic E-state index is -2.11. The molecule has 6 aromatic rings. The molecule has 16 heteroatoms. The van der Waals surface area contributed by atoms with E-state index in [0.29, 0.717) is 60.0 Å². The lowest BCUT2D eigenvalue weighted by Crippen LogP contribution is -2.54. The van der Waals surface area contributed by atoms with E-state index in [1.165, 1.54) is 24.3 Å². The van der Waals surface area contributed by atoms with Crippen LogP contribution < -0.4 is 19.9 Å². The van der Waals surface area contributed by atoms with E-state index in [9.17, 15) is 15.2 Å². The number of allylic oxidation sites excluding steroid dienone is 2. The Labute approximate surface area is 444 Å². The molecule has 1 spiro atoms. The van der Waals surface area contributed by atoms with Gasteiger partial charge in [-0.3, -0.25) is 29.4 Å². The van der Waals surface area contributed by atoms with E-state index in [4.69, 9.17) is 18.9 Å². The zero-order chi connectivity index (χ0) is 53.0. The molecule has 0 unspecified atom stereocenters. The quantitative estimate of drug-likeness (QED) is 0.0511. The number of non-ortho nitro benzene ring substituents is 1. The van der Waals surface area contributed by atoms with E-state index in [1.807, 2.05) is 77.7 Å². The van der Waals surface area contributed by atoms with Gasteiger partial charge in [0, 0.05) is 42.2 Å². The number of morpholine rings is 2. The molecular weight excluding hydrogens is 979 g/mol. The van der Waals surface area contributed by atoms with Crippen LogP contribution in [-0.4, -0.2) is 84.4 Å². The highest BCUT2D eigenvalue weighted by Crippen LogP contribution is 2.66. The number of hydrogen-bond donors (Lipinski definition) is 2. The van der Waals surface area contributed by atoms with Crippen molar-refractivity contribution in [3.63, 3.8) is 0 Å². The molecule has 4 aliphatic heterocycles. The first kappa shape index (κ1) is 50.5. The van der Waals surface area contributed by atoms with Crippen molar-refractivity contribution in [2.45, 2.75) is 61.9 Å². The fraction of sp³-hybridized carbons (Fsp3) is 0.279. The normalized spacial score (nSPS) is 22.7. The van der Waals surface area contributed by atoms with Crippen LogP contribution >= 0.6 is 0 Å². The molecule has 77 heavy (non-hydrogen) atoms.